The van der Waals surface area contributed by atoms with Gasteiger partial charge in [-0.1, -0.05) is 30.3 Å². The molecule has 5 nitrogen and oxygen atoms in total. The average Bonchev–Trinajstić information content (AvgIpc) is 2.60. The Morgan fingerprint density at radius 3 is 2.54 bits per heavy atom. The third-order valence-electron chi connectivity index (χ3n) is 3.69. The Labute approximate surface area is 142 Å². The first kappa shape index (κ1) is 17.5. The number of nitrogens with zero attached hydrogens (tertiary/aromatic N) is 1. The zero-order chi connectivity index (χ0) is 17.5. The number of ether oxygens (including phenoxy) is 1. The summed E-state index contributed by atoms with van der Waals surface area (Å²) >= 11 is 0. The van der Waals surface area contributed by atoms with E-state index in [0.717, 1.165) is 16.8 Å². The van der Waals surface area contributed by atoms with Crippen LogP contribution in [0.2, 0.25) is 0 Å². The smallest absolute Gasteiger partial charge is 0.337 e. The fourth-order valence-corrected chi connectivity index (χ4v) is 2.29. The average molecular weight is 326 g/mol. The molecule has 0 unspecified atom stereocenters. The Balaban J connectivity index is 2.10. The van der Waals surface area contributed by atoms with E-state index in [2.05, 4.69) is 5.32 Å². The minimum absolute atomic E-state index is 0.0527. The lowest BCUT2D eigenvalue weighted by Crippen LogP contribution is -2.23. The molecule has 2 aromatic rings. The topological polar surface area (TPSA) is 58.6 Å². The summed E-state index contributed by atoms with van der Waals surface area (Å²) in [6.45, 7) is 0.554. The van der Waals surface area contributed by atoms with Gasteiger partial charge in [0.1, 0.15) is 0 Å². The van der Waals surface area contributed by atoms with Crippen molar-refractivity contribution < 1.29 is 14.3 Å². The molecule has 0 radical (unpaired) electrons. The predicted octanol–water partition coefficient (Wildman–Crippen LogP) is 2.72. The van der Waals surface area contributed by atoms with Gasteiger partial charge in [-0.15, -0.1) is 0 Å². The van der Waals surface area contributed by atoms with Crippen LogP contribution in [0.5, 0.6) is 0 Å². The molecule has 1 amide bonds. The number of amides is 1. The highest BCUT2D eigenvalue weighted by atomic mass is 16.5. The first-order valence-corrected chi connectivity index (χ1v) is 7.70. The number of nitrogens with one attached hydrogen (secondary N) is 1. The van der Waals surface area contributed by atoms with Crippen molar-refractivity contribution in [2.45, 2.75) is 13.0 Å². The highest BCUT2D eigenvalue weighted by molar-refractivity contribution is 5.89. The van der Waals surface area contributed by atoms with Crippen LogP contribution in [0.4, 0.5) is 5.69 Å². The van der Waals surface area contributed by atoms with Crippen molar-refractivity contribution in [3.63, 3.8) is 0 Å². The first-order valence-electron chi connectivity index (χ1n) is 7.70. The number of anilines is 1. The summed E-state index contributed by atoms with van der Waals surface area (Å²) in [6, 6.07) is 15.0. The molecule has 0 heterocycles. The van der Waals surface area contributed by atoms with E-state index in [1.165, 1.54) is 7.11 Å². The van der Waals surface area contributed by atoms with Crippen molar-refractivity contribution in [1.82, 2.24) is 4.90 Å². The molecule has 0 atom stereocenters. The number of hydrogen-bond acceptors (Lipinski definition) is 4. The van der Waals surface area contributed by atoms with Crippen LogP contribution in [-0.2, 0) is 22.5 Å². The van der Waals surface area contributed by atoms with Gasteiger partial charge >= 0.3 is 5.97 Å². The molecule has 2 rings (SSSR count). The molecule has 0 aliphatic carbocycles. The molecular weight excluding hydrogens is 304 g/mol. The van der Waals surface area contributed by atoms with Crippen molar-refractivity contribution >= 4 is 17.6 Å². The van der Waals surface area contributed by atoms with Crippen LogP contribution in [0.25, 0.3) is 0 Å². The highest BCUT2D eigenvalue weighted by Crippen LogP contribution is 2.18. The van der Waals surface area contributed by atoms with Gasteiger partial charge in [-0.05, 0) is 29.3 Å². The molecule has 2 aromatic carbocycles. The quantitative estimate of drug-likeness (QED) is 0.829. The van der Waals surface area contributed by atoms with Crippen molar-refractivity contribution in [3.05, 3.63) is 65.2 Å². The van der Waals surface area contributed by atoms with Crippen molar-refractivity contribution in [1.29, 1.82) is 0 Å². The molecular formula is C19H22N2O3. The Kier molecular flexibility index (Phi) is 5.95. The molecule has 0 aliphatic heterocycles. The molecule has 0 aromatic heterocycles. The van der Waals surface area contributed by atoms with Gasteiger partial charge in [0.25, 0.3) is 0 Å². The van der Waals surface area contributed by atoms with Gasteiger partial charge in [0.2, 0.25) is 5.91 Å². The summed E-state index contributed by atoms with van der Waals surface area (Å²) in [5, 5.41) is 3.34. The number of carbonyl (C=O) groups excluding carboxylic acids is 2. The molecule has 0 aliphatic rings. The fourth-order valence-electron chi connectivity index (χ4n) is 2.29. The molecule has 1 N–H and O–H groups in total. The van der Waals surface area contributed by atoms with Gasteiger partial charge in [-0.3, -0.25) is 4.79 Å². The molecule has 0 saturated heterocycles. The predicted molar refractivity (Wildman–Crippen MR) is 93.9 cm³/mol. The van der Waals surface area contributed by atoms with Gasteiger partial charge < -0.3 is 15.0 Å². The van der Waals surface area contributed by atoms with E-state index >= 15 is 0 Å². The lowest BCUT2D eigenvalue weighted by atomic mass is 10.1. The number of methoxy groups -OCH3 is 1. The number of benzene rings is 2. The van der Waals surface area contributed by atoms with Crippen LogP contribution < -0.4 is 5.32 Å². The number of esters is 1. The second kappa shape index (κ2) is 8.15. The van der Waals surface area contributed by atoms with Gasteiger partial charge in [-0.25, -0.2) is 4.79 Å². The number of likely N-dealkylation sites (N-methyl/N-ethyl adjacent to an activating group) is 1. The maximum Gasteiger partial charge on any atom is 0.337 e. The van der Waals surface area contributed by atoms with E-state index < -0.39 is 0 Å². The van der Waals surface area contributed by atoms with E-state index in [4.69, 9.17) is 4.74 Å². The Hall–Kier alpha value is -2.82. The highest BCUT2D eigenvalue weighted by Gasteiger charge is 2.10. The third kappa shape index (κ3) is 4.59. The van der Waals surface area contributed by atoms with Gasteiger partial charge in [0, 0.05) is 26.3 Å². The summed E-state index contributed by atoms with van der Waals surface area (Å²) in [7, 11) is 4.86. The maximum absolute atomic E-state index is 11.9. The standard InChI is InChI=1S/C19H22N2O3/c1-21(2)18(22)12-15-8-4-5-10-17(15)20-13-14-7-6-9-16(11-14)19(23)24-3/h4-11,20H,12-13H2,1-3H3. The second-order valence-electron chi connectivity index (χ2n) is 5.67. The Morgan fingerprint density at radius 2 is 1.83 bits per heavy atom. The molecule has 0 saturated carbocycles. The number of para-hydroxylation sites is 1. The van der Waals surface area contributed by atoms with Crippen molar-refractivity contribution in [3.8, 4) is 0 Å². The lowest BCUT2D eigenvalue weighted by Gasteiger charge is -2.14. The van der Waals surface area contributed by atoms with Crippen LogP contribution in [0.3, 0.4) is 0 Å². The van der Waals surface area contributed by atoms with Gasteiger partial charge in [-0.2, -0.15) is 0 Å². The minimum atomic E-state index is -0.353. The van der Waals surface area contributed by atoms with Crippen LogP contribution in [0.1, 0.15) is 21.5 Å². The van der Waals surface area contributed by atoms with E-state index in [1.54, 1.807) is 31.1 Å². The molecule has 126 valence electrons. The Morgan fingerprint density at radius 1 is 1.08 bits per heavy atom. The first-order chi connectivity index (χ1) is 11.5. The molecule has 0 spiro atoms. The molecule has 0 bridgehead atoms. The van der Waals surface area contributed by atoms with E-state index in [9.17, 15) is 9.59 Å². The fraction of sp³-hybridized carbons (Fsp3) is 0.263. The zero-order valence-electron chi connectivity index (χ0n) is 14.2. The summed E-state index contributed by atoms with van der Waals surface area (Å²) in [5.41, 5.74) is 3.34. The van der Waals surface area contributed by atoms with Crippen molar-refractivity contribution in [2.24, 2.45) is 0 Å². The second-order valence-corrected chi connectivity index (χ2v) is 5.67. The summed E-state index contributed by atoms with van der Waals surface area (Å²) in [6.07, 6.45) is 0.346. The third-order valence-corrected chi connectivity index (χ3v) is 3.69. The Bertz CT molecular complexity index is 726. The monoisotopic (exact) mass is 326 g/mol. The number of rotatable bonds is 6. The van der Waals surface area contributed by atoms with Crippen LogP contribution >= 0.6 is 0 Å². The van der Waals surface area contributed by atoms with Crippen LogP contribution in [-0.4, -0.2) is 38.0 Å². The number of carbonyl (C=O) groups is 2. The van der Waals surface area contributed by atoms with Crippen molar-refractivity contribution in [2.75, 3.05) is 26.5 Å². The lowest BCUT2D eigenvalue weighted by molar-refractivity contribution is -0.127. The minimum Gasteiger partial charge on any atom is -0.465 e. The normalized spacial score (nSPS) is 10.1. The van der Waals surface area contributed by atoms with Gasteiger partial charge in [0.05, 0.1) is 19.1 Å². The van der Waals surface area contributed by atoms with Crippen LogP contribution in [0, 0.1) is 0 Å². The summed E-state index contributed by atoms with van der Waals surface area (Å²) < 4.78 is 4.74. The zero-order valence-corrected chi connectivity index (χ0v) is 14.2. The summed E-state index contributed by atoms with van der Waals surface area (Å²) in [4.78, 5) is 25.1. The maximum atomic E-state index is 11.9. The summed E-state index contributed by atoms with van der Waals surface area (Å²) in [5.74, 6) is -0.300. The molecule has 0 fully saturated rings. The van der Waals surface area contributed by atoms with Crippen LogP contribution in [0.15, 0.2) is 48.5 Å². The largest absolute Gasteiger partial charge is 0.465 e. The van der Waals surface area contributed by atoms with E-state index in [-0.39, 0.29) is 11.9 Å². The number of hydrogen-bond donors (Lipinski definition) is 1. The molecule has 24 heavy (non-hydrogen) atoms. The van der Waals surface area contributed by atoms with Gasteiger partial charge in [0.15, 0.2) is 0 Å². The van der Waals surface area contributed by atoms with E-state index in [0.29, 0.717) is 18.5 Å². The molecule has 5 heteroatoms. The SMILES string of the molecule is COC(=O)c1cccc(CNc2ccccc2CC(=O)N(C)C)c1. The van der Waals surface area contributed by atoms with E-state index in [1.807, 2.05) is 36.4 Å².